The number of allylic oxidation sites excluding steroid dienone is 1. The fraction of sp³-hybridized carbons (Fsp3) is 0.833. The van der Waals surface area contributed by atoms with Gasteiger partial charge in [-0.05, 0) is 33.7 Å². The highest BCUT2D eigenvalue weighted by molar-refractivity contribution is 4.92. The summed E-state index contributed by atoms with van der Waals surface area (Å²) in [5, 5.41) is 0. The highest BCUT2D eigenvalue weighted by atomic mass is 15.1. The molecule has 0 aromatic carbocycles. The molecule has 0 saturated carbocycles. The Kier molecular flexibility index (Phi) is 6.97. The number of rotatable bonds is 6. The maximum absolute atomic E-state index is 2.48. The van der Waals surface area contributed by atoms with E-state index in [1.807, 2.05) is 0 Å². The van der Waals surface area contributed by atoms with E-state index in [0.29, 0.717) is 12.1 Å². The van der Waals surface area contributed by atoms with Crippen LogP contribution in [0.5, 0.6) is 0 Å². The molecule has 0 aliphatic heterocycles. The number of nitrogens with zero attached hydrogens (tertiary/aromatic N) is 1. The van der Waals surface area contributed by atoms with Crippen molar-refractivity contribution in [3.63, 3.8) is 0 Å². The van der Waals surface area contributed by atoms with E-state index in [-0.39, 0.29) is 0 Å². The van der Waals surface area contributed by atoms with Crippen LogP contribution in [0.15, 0.2) is 12.2 Å². The van der Waals surface area contributed by atoms with Crippen molar-refractivity contribution in [1.82, 2.24) is 4.90 Å². The Bertz CT molecular complexity index is 140. The summed E-state index contributed by atoms with van der Waals surface area (Å²) >= 11 is 0. The normalized spacial score (nSPS) is 16.8. The summed E-state index contributed by atoms with van der Waals surface area (Å²) in [6, 6.07) is 1.32. The summed E-state index contributed by atoms with van der Waals surface area (Å²) in [4.78, 5) is 2.48. The van der Waals surface area contributed by atoms with Crippen LogP contribution in [-0.4, -0.2) is 24.0 Å². The molecule has 0 amide bonds. The summed E-state index contributed by atoms with van der Waals surface area (Å²) in [6.07, 6.45) is 8.24. The van der Waals surface area contributed by atoms with Crippen LogP contribution in [0.2, 0.25) is 0 Å². The Labute approximate surface area is 83.8 Å². The van der Waals surface area contributed by atoms with Gasteiger partial charge in [-0.15, -0.1) is 0 Å². The van der Waals surface area contributed by atoms with E-state index < -0.39 is 0 Å². The summed E-state index contributed by atoms with van der Waals surface area (Å²) in [7, 11) is 2.23. The molecule has 0 fully saturated rings. The molecule has 0 bridgehead atoms. The van der Waals surface area contributed by atoms with Gasteiger partial charge in [-0.1, -0.05) is 32.4 Å². The van der Waals surface area contributed by atoms with Crippen molar-refractivity contribution in [3.05, 3.63) is 12.2 Å². The average Bonchev–Trinajstić information content (AvgIpc) is 2.15. The lowest BCUT2D eigenvalue weighted by molar-refractivity contribution is 0.201. The lowest BCUT2D eigenvalue weighted by Gasteiger charge is -2.30. The highest BCUT2D eigenvalue weighted by Gasteiger charge is 2.14. The average molecular weight is 183 g/mol. The smallest absolute Gasteiger partial charge is 0.0277 e. The van der Waals surface area contributed by atoms with Crippen LogP contribution < -0.4 is 0 Å². The van der Waals surface area contributed by atoms with Crippen molar-refractivity contribution in [2.75, 3.05) is 7.05 Å². The Balaban J connectivity index is 4.17. The van der Waals surface area contributed by atoms with Crippen molar-refractivity contribution in [1.29, 1.82) is 0 Å². The maximum Gasteiger partial charge on any atom is 0.0277 e. The second-order valence-electron chi connectivity index (χ2n) is 3.80. The maximum atomic E-state index is 2.48. The van der Waals surface area contributed by atoms with Crippen LogP contribution in [0.4, 0.5) is 0 Å². The van der Waals surface area contributed by atoms with Gasteiger partial charge in [0.05, 0.1) is 0 Å². The van der Waals surface area contributed by atoms with Gasteiger partial charge in [-0.2, -0.15) is 0 Å². The molecule has 78 valence electrons. The Morgan fingerprint density at radius 3 is 2.31 bits per heavy atom. The van der Waals surface area contributed by atoms with Crippen molar-refractivity contribution < 1.29 is 0 Å². The van der Waals surface area contributed by atoms with Crippen LogP contribution in [0, 0.1) is 0 Å². The van der Waals surface area contributed by atoms with E-state index in [2.05, 4.69) is 51.8 Å². The van der Waals surface area contributed by atoms with Crippen LogP contribution >= 0.6 is 0 Å². The molecule has 1 heteroatoms. The lowest BCUT2D eigenvalue weighted by Crippen LogP contribution is -2.37. The zero-order valence-corrected chi connectivity index (χ0v) is 9.88. The fourth-order valence-electron chi connectivity index (χ4n) is 1.57. The molecule has 13 heavy (non-hydrogen) atoms. The number of hydrogen-bond acceptors (Lipinski definition) is 1. The van der Waals surface area contributed by atoms with E-state index in [9.17, 15) is 0 Å². The minimum Gasteiger partial charge on any atom is -0.297 e. The quantitative estimate of drug-likeness (QED) is 0.570. The molecule has 0 N–H and O–H groups in total. The monoisotopic (exact) mass is 183 g/mol. The van der Waals surface area contributed by atoms with Crippen molar-refractivity contribution in [2.45, 2.75) is 59.0 Å². The molecular formula is C12H25N. The SMILES string of the molecule is C/C=C\C(CCC)N(C)C(C)CC. The van der Waals surface area contributed by atoms with E-state index in [4.69, 9.17) is 0 Å². The molecule has 2 atom stereocenters. The van der Waals surface area contributed by atoms with Gasteiger partial charge in [-0.25, -0.2) is 0 Å². The van der Waals surface area contributed by atoms with Crippen LogP contribution in [0.3, 0.4) is 0 Å². The van der Waals surface area contributed by atoms with E-state index >= 15 is 0 Å². The van der Waals surface area contributed by atoms with Gasteiger partial charge in [0.15, 0.2) is 0 Å². The van der Waals surface area contributed by atoms with Crippen LogP contribution in [0.25, 0.3) is 0 Å². The first kappa shape index (κ1) is 12.7. The molecular weight excluding hydrogens is 158 g/mol. The molecule has 2 unspecified atom stereocenters. The van der Waals surface area contributed by atoms with Gasteiger partial charge in [-0.3, -0.25) is 4.90 Å². The molecule has 1 nitrogen and oxygen atoms in total. The van der Waals surface area contributed by atoms with Crippen LogP contribution in [0.1, 0.15) is 47.0 Å². The summed E-state index contributed by atoms with van der Waals surface area (Å²) in [5.74, 6) is 0. The van der Waals surface area contributed by atoms with E-state index in [0.717, 1.165) is 0 Å². The van der Waals surface area contributed by atoms with Crippen molar-refractivity contribution in [2.24, 2.45) is 0 Å². The molecule has 0 radical (unpaired) electrons. The highest BCUT2D eigenvalue weighted by Crippen LogP contribution is 2.12. The standard InChI is InChI=1S/C12H25N/c1-6-9-12(10-7-2)13(5)11(4)8-3/h6,9,11-12H,7-8,10H2,1-5H3/b9-6-. The third-order valence-corrected chi connectivity index (χ3v) is 2.81. The van der Waals surface area contributed by atoms with Gasteiger partial charge in [0.1, 0.15) is 0 Å². The first-order valence-corrected chi connectivity index (χ1v) is 5.52. The largest absolute Gasteiger partial charge is 0.297 e. The molecule has 0 saturated heterocycles. The first-order valence-electron chi connectivity index (χ1n) is 5.52. The van der Waals surface area contributed by atoms with Gasteiger partial charge in [0.25, 0.3) is 0 Å². The fourth-order valence-corrected chi connectivity index (χ4v) is 1.57. The molecule has 0 aromatic rings. The Morgan fingerprint density at radius 2 is 1.92 bits per heavy atom. The third kappa shape index (κ3) is 4.47. The minimum atomic E-state index is 0.630. The predicted molar refractivity (Wildman–Crippen MR) is 61.0 cm³/mol. The number of hydrogen-bond donors (Lipinski definition) is 0. The molecule has 0 spiro atoms. The van der Waals surface area contributed by atoms with Crippen molar-refractivity contribution >= 4 is 0 Å². The Hall–Kier alpha value is -0.300. The van der Waals surface area contributed by atoms with Gasteiger partial charge in [0, 0.05) is 12.1 Å². The lowest BCUT2D eigenvalue weighted by atomic mass is 10.1. The van der Waals surface area contributed by atoms with Gasteiger partial charge in [0.2, 0.25) is 0 Å². The minimum absolute atomic E-state index is 0.630. The first-order chi connectivity index (χ1) is 6.17. The molecule has 0 heterocycles. The van der Waals surface area contributed by atoms with Crippen molar-refractivity contribution in [3.8, 4) is 0 Å². The second-order valence-corrected chi connectivity index (χ2v) is 3.80. The van der Waals surface area contributed by atoms with E-state index in [1.54, 1.807) is 0 Å². The predicted octanol–water partition coefficient (Wildman–Crippen LogP) is 3.46. The molecule has 0 rings (SSSR count). The van der Waals surface area contributed by atoms with Crippen LogP contribution in [-0.2, 0) is 0 Å². The zero-order valence-electron chi connectivity index (χ0n) is 9.88. The number of likely N-dealkylation sites (N-methyl/N-ethyl adjacent to an activating group) is 1. The third-order valence-electron chi connectivity index (χ3n) is 2.81. The van der Waals surface area contributed by atoms with Gasteiger partial charge < -0.3 is 0 Å². The van der Waals surface area contributed by atoms with E-state index in [1.165, 1.54) is 19.3 Å². The summed E-state index contributed by atoms with van der Waals surface area (Å²) < 4.78 is 0. The zero-order chi connectivity index (χ0) is 10.3. The Morgan fingerprint density at radius 1 is 1.31 bits per heavy atom. The molecule has 0 aliphatic rings. The topological polar surface area (TPSA) is 3.24 Å². The van der Waals surface area contributed by atoms with Gasteiger partial charge >= 0.3 is 0 Å². The second kappa shape index (κ2) is 7.14. The molecule has 0 aliphatic carbocycles. The molecule has 0 aromatic heterocycles. The summed E-state index contributed by atoms with van der Waals surface area (Å²) in [5.41, 5.74) is 0. The summed E-state index contributed by atoms with van der Waals surface area (Å²) in [6.45, 7) is 8.90.